The number of carbonyl (C=O) groups is 3. The lowest BCUT2D eigenvalue weighted by atomic mass is 10.0. The lowest BCUT2D eigenvalue weighted by Gasteiger charge is -2.18. The fourth-order valence-electron chi connectivity index (χ4n) is 7.03. The van der Waals surface area contributed by atoms with Crippen molar-refractivity contribution in [1.82, 2.24) is 0 Å². The third kappa shape index (κ3) is 41.4. The van der Waals surface area contributed by atoms with Crippen LogP contribution in [0.2, 0.25) is 0 Å². The highest BCUT2D eigenvalue weighted by atomic mass is 16.6. The first-order valence-electron chi connectivity index (χ1n) is 23.5. The number of ether oxygens (including phenoxy) is 3. The lowest BCUT2D eigenvalue weighted by molar-refractivity contribution is -0.167. The van der Waals surface area contributed by atoms with Gasteiger partial charge in [-0.3, -0.25) is 14.4 Å². The summed E-state index contributed by atoms with van der Waals surface area (Å²) in [4.78, 5) is 37.5. The summed E-state index contributed by atoms with van der Waals surface area (Å²) in [6.45, 7) is 6.58. The molecule has 0 aliphatic heterocycles. The lowest BCUT2D eigenvalue weighted by Crippen LogP contribution is -2.30. The number of hydrogen-bond donors (Lipinski definition) is 0. The van der Waals surface area contributed by atoms with E-state index in [2.05, 4.69) is 20.8 Å². The van der Waals surface area contributed by atoms with E-state index in [1.807, 2.05) is 0 Å². The quantitative estimate of drug-likeness (QED) is 0.0351. The molecule has 0 bridgehead atoms. The van der Waals surface area contributed by atoms with Crippen molar-refractivity contribution in [2.24, 2.45) is 0 Å². The molecule has 0 rings (SSSR count). The van der Waals surface area contributed by atoms with Gasteiger partial charge in [-0.15, -0.1) is 0 Å². The van der Waals surface area contributed by atoms with Crippen molar-refractivity contribution in [1.29, 1.82) is 0 Å². The second kappa shape index (κ2) is 43.1. The molecule has 0 heterocycles. The molecule has 0 aliphatic carbocycles. The van der Waals surface area contributed by atoms with Gasteiger partial charge in [0.25, 0.3) is 0 Å². The Morgan fingerprint density at radius 1 is 0.302 bits per heavy atom. The molecule has 0 aliphatic rings. The molecule has 6 heteroatoms. The molecule has 0 aromatic carbocycles. The average Bonchev–Trinajstić information content (AvgIpc) is 3.15. The van der Waals surface area contributed by atoms with Crippen molar-refractivity contribution < 1.29 is 28.6 Å². The van der Waals surface area contributed by atoms with Crippen molar-refractivity contribution in [3.63, 3.8) is 0 Å². The fraction of sp³-hybridized carbons (Fsp3) is 0.936. The van der Waals surface area contributed by atoms with Gasteiger partial charge in [0.1, 0.15) is 13.2 Å². The molecule has 0 amide bonds. The standard InChI is InChI=1S/C47H90O6/c1-4-7-10-13-15-17-19-21-22-23-24-25-26-28-29-31-34-37-40-46(49)52-43-44(42-51-45(48)39-36-33-12-9-6-3)53-47(50)41-38-35-32-30-27-20-18-16-14-11-8-5-2/h44H,4-43H2,1-3H3. The maximum Gasteiger partial charge on any atom is 0.306 e. The van der Waals surface area contributed by atoms with Crippen molar-refractivity contribution in [3.8, 4) is 0 Å². The Labute approximate surface area is 329 Å². The predicted octanol–water partition coefficient (Wildman–Crippen LogP) is 14.9. The number of carbonyl (C=O) groups excluding carboxylic acids is 3. The summed E-state index contributed by atoms with van der Waals surface area (Å²) in [5.41, 5.74) is 0. The van der Waals surface area contributed by atoms with E-state index in [1.165, 1.54) is 161 Å². The van der Waals surface area contributed by atoms with Gasteiger partial charge in [-0.05, 0) is 19.3 Å². The van der Waals surface area contributed by atoms with Crippen molar-refractivity contribution in [2.45, 2.75) is 271 Å². The van der Waals surface area contributed by atoms with E-state index in [-0.39, 0.29) is 31.1 Å². The van der Waals surface area contributed by atoms with E-state index in [0.717, 1.165) is 64.2 Å². The molecule has 0 saturated carbocycles. The van der Waals surface area contributed by atoms with E-state index in [9.17, 15) is 14.4 Å². The topological polar surface area (TPSA) is 78.9 Å². The Morgan fingerprint density at radius 3 is 0.755 bits per heavy atom. The molecule has 314 valence electrons. The second-order valence-corrected chi connectivity index (χ2v) is 16.0. The average molecular weight is 751 g/mol. The maximum absolute atomic E-state index is 12.6. The molecule has 0 saturated heterocycles. The molecule has 1 unspecified atom stereocenters. The molecule has 1 atom stereocenters. The first-order chi connectivity index (χ1) is 26.0. The minimum absolute atomic E-state index is 0.0636. The van der Waals surface area contributed by atoms with Crippen molar-refractivity contribution >= 4 is 17.9 Å². The molecule has 53 heavy (non-hydrogen) atoms. The maximum atomic E-state index is 12.6. The summed E-state index contributed by atoms with van der Waals surface area (Å²) in [5, 5.41) is 0. The highest BCUT2D eigenvalue weighted by molar-refractivity contribution is 5.71. The summed E-state index contributed by atoms with van der Waals surface area (Å²) in [6.07, 6.45) is 44.0. The van der Waals surface area contributed by atoms with E-state index in [0.29, 0.717) is 19.3 Å². The molecular weight excluding hydrogens is 661 g/mol. The molecule has 0 fully saturated rings. The molecular formula is C47H90O6. The van der Waals surface area contributed by atoms with Gasteiger partial charge in [0.05, 0.1) is 0 Å². The smallest absolute Gasteiger partial charge is 0.306 e. The van der Waals surface area contributed by atoms with Crippen LogP contribution in [0.3, 0.4) is 0 Å². The highest BCUT2D eigenvalue weighted by Crippen LogP contribution is 2.16. The predicted molar refractivity (Wildman–Crippen MR) is 224 cm³/mol. The molecule has 0 N–H and O–H groups in total. The zero-order chi connectivity index (χ0) is 38.7. The van der Waals surface area contributed by atoms with Gasteiger partial charge in [-0.25, -0.2) is 0 Å². The van der Waals surface area contributed by atoms with Crippen LogP contribution in [0.5, 0.6) is 0 Å². The zero-order valence-corrected chi connectivity index (χ0v) is 35.8. The van der Waals surface area contributed by atoms with Crippen LogP contribution in [-0.2, 0) is 28.6 Å². The Morgan fingerprint density at radius 2 is 0.509 bits per heavy atom. The minimum Gasteiger partial charge on any atom is -0.462 e. The molecule has 0 spiro atoms. The Bertz CT molecular complexity index is 783. The monoisotopic (exact) mass is 751 g/mol. The third-order valence-electron chi connectivity index (χ3n) is 10.6. The normalized spacial score (nSPS) is 11.8. The number of hydrogen-bond acceptors (Lipinski definition) is 6. The highest BCUT2D eigenvalue weighted by Gasteiger charge is 2.19. The fourth-order valence-corrected chi connectivity index (χ4v) is 7.03. The van der Waals surface area contributed by atoms with E-state index in [1.54, 1.807) is 0 Å². The molecule has 6 nitrogen and oxygen atoms in total. The molecule has 0 radical (unpaired) electrons. The zero-order valence-electron chi connectivity index (χ0n) is 35.8. The van der Waals surface area contributed by atoms with Crippen LogP contribution in [0.15, 0.2) is 0 Å². The number of rotatable bonds is 43. The van der Waals surface area contributed by atoms with Crippen LogP contribution in [0.4, 0.5) is 0 Å². The van der Waals surface area contributed by atoms with Crippen LogP contribution in [0.25, 0.3) is 0 Å². The first-order valence-corrected chi connectivity index (χ1v) is 23.5. The van der Waals surface area contributed by atoms with Crippen LogP contribution >= 0.6 is 0 Å². The van der Waals surface area contributed by atoms with Gasteiger partial charge in [0.15, 0.2) is 6.10 Å². The summed E-state index contributed by atoms with van der Waals surface area (Å²) in [6, 6.07) is 0. The van der Waals surface area contributed by atoms with Crippen LogP contribution in [0, 0.1) is 0 Å². The largest absolute Gasteiger partial charge is 0.462 e. The van der Waals surface area contributed by atoms with E-state index < -0.39 is 6.10 Å². The third-order valence-corrected chi connectivity index (χ3v) is 10.6. The number of unbranched alkanes of at least 4 members (excludes halogenated alkanes) is 32. The van der Waals surface area contributed by atoms with Gasteiger partial charge < -0.3 is 14.2 Å². The van der Waals surface area contributed by atoms with E-state index in [4.69, 9.17) is 14.2 Å². The van der Waals surface area contributed by atoms with Gasteiger partial charge in [-0.2, -0.15) is 0 Å². The molecule has 0 aromatic heterocycles. The molecule has 0 aromatic rings. The second-order valence-electron chi connectivity index (χ2n) is 16.0. The SMILES string of the molecule is CCCCCCCCCCCCCCCCCCCCC(=O)OCC(COC(=O)CCCCCCC)OC(=O)CCCCCCCCCCCCCC. The van der Waals surface area contributed by atoms with Crippen LogP contribution in [-0.4, -0.2) is 37.2 Å². The van der Waals surface area contributed by atoms with Crippen molar-refractivity contribution in [2.75, 3.05) is 13.2 Å². The Kier molecular flexibility index (Phi) is 41.8. The summed E-state index contributed by atoms with van der Waals surface area (Å²) in [7, 11) is 0. The minimum atomic E-state index is -0.756. The van der Waals surface area contributed by atoms with E-state index >= 15 is 0 Å². The van der Waals surface area contributed by atoms with Gasteiger partial charge in [0.2, 0.25) is 0 Å². The van der Waals surface area contributed by atoms with Gasteiger partial charge in [0, 0.05) is 19.3 Å². The number of esters is 3. The van der Waals surface area contributed by atoms with Crippen LogP contribution in [0.1, 0.15) is 265 Å². The summed E-state index contributed by atoms with van der Waals surface area (Å²) in [5.74, 6) is -0.864. The summed E-state index contributed by atoms with van der Waals surface area (Å²) < 4.78 is 16.6. The van der Waals surface area contributed by atoms with Crippen LogP contribution < -0.4 is 0 Å². The first kappa shape index (κ1) is 51.4. The van der Waals surface area contributed by atoms with Gasteiger partial charge in [-0.1, -0.05) is 226 Å². The Hall–Kier alpha value is -1.59. The van der Waals surface area contributed by atoms with Gasteiger partial charge >= 0.3 is 17.9 Å². The summed E-state index contributed by atoms with van der Waals surface area (Å²) >= 11 is 0. The van der Waals surface area contributed by atoms with Crippen molar-refractivity contribution in [3.05, 3.63) is 0 Å². The Balaban J connectivity index is 4.11.